The van der Waals surface area contributed by atoms with Gasteiger partial charge in [0.15, 0.2) is 0 Å². The Labute approximate surface area is 210 Å². The Morgan fingerprint density at radius 2 is 2.11 bits per heavy atom. The molecule has 1 aromatic heterocycles. The van der Waals surface area contributed by atoms with Crippen LogP contribution in [-0.4, -0.2) is 72.4 Å². The number of hydrogen-bond acceptors (Lipinski definition) is 6. The third-order valence-corrected chi connectivity index (χ3v) is 8.73. The van der Waals surface area contributed by atoms with Crippen LogP contribution in [0.5, 0.6) is 0 Å². The second kappa shape index (κ2) is 9.59. The molecule has 0 N–H and O–H groups in total. The number of hydrogen-bond donors (Lipinski definition) is 0. The number of ether oxygens (including phenoxy) is 2. The molecule has 0 aromatic carbocycles. The van der Waals surface area contributed by atoms with Gasteiger partial charge in [0, 0.05) is 33.0 Å². The van der Waals surface area contributed by atoms with Crippen molar-refractivity contribution < 1.29 is 27.4 Å². The Bertz CT molecular complexity index is 1000. The first kappa shape index (κ1) is 25.4. The van der Waals surface area contributed by atoms with Crippen LogP contribution in [0, 0.1) is 23.2 Å². The molecule has 7 nitrogen and oxygen atoms in total. The van der Waals surface area contributed by atoms with E-state index in [1.54, 1.807) is 7.11 Å². The molecule has 4 aliphatic rings. The molecule has 1 aromatic rings. The molecule has 1 amide bonds. The molecule has 0 spiro atoms. The number of anilines is 1. The third kappa shape index (κ3) is 4.51. The van der Waals surface area contributed by atoms with Crippen LogP contribution in [0.25, 0.3) is 0 Å². The summed E-state index contributed by atoms with van der Waals surface area (Å²) in [6.45, 7) is 6.52. The van der Waals surface area contributed by atoms with Crippen LogP contribution in [-0.2, 0) is 20.4 Å². The fourth-order valence-corrected chi connectivity index (χ4v) is 6.62. The summed E-state index contributed by atoms with van der Waals surface area (Å²) in [5.74, 6) is 1.10. The van der Waals surface area contributed by atoms with E-state index in [0.29, 0.717) is 31.5 Å². The zero-order valence-corrected chi connectivity index (χ0v) is 21.1. The number of amides is 1. The number of aromatic nitrogens is 2. The number of allylic oxidation sites excluding steroid dienone is 1. The zero-order chi connectivity index (χ0) is 25.7. The molecule has 0 unspecified atom stereocenters. The number of rotatable bonds is 6. The molecule has 198 valence electrons. The Balaban J connectivity index is 1.26. The van der Waals surface area contributed by atoms with Crippen molar-refractivity contribution in [3.05, 3.63) is 30.1 Å². The Morgan fingerprint density at radius 1 is 1.31 bits per heavy atom. The Kier molecular flexibility index (Phi) is 6.78. The largest absolute Gasteiger partial charge is 0.433 e. The van der Waals surface area contributed by atoms with Gasteiger partial charge >= 0.3 is 6.18 Å². The van der Waals surface area contributed by atoms with Gasteiger partial charge in [-0.25, -0.2) is 9.97 Å². The molecule has 4 heterocycles. The number of carbonyl (C=O) groups is 1. The van der Waals surface area contributed by atoms with E-state index in [9.17, 15) is 18.0 Å². The van der Waals surface area contributed by atoms with Crippen molar-refractivity contribution in [3.8, 4) is 0 Å². The van der Waals surface area contributed by atoms with E-state index in [-0.39, 0.29) is 36.0 Å². The molecule has 1 aliphatic carbocycles. The van der Waals surface area contributed by atoms with Crippen molar-refractivity contribution in [2.75, 3.05) is 38.3 Å². The van der Waals surface area contributed by atoms with Gasteiger partial charge in [0.05, 0.1) is 30.2 Å². The van der Waals surface area contributed by atoms with E-state index in [1.165, 1.54) is 0 Å². The number of methoxy groups -OCH3 is 1. The van der Waals surface area contributed by atoms with Gasteiger partial charge in [-0.3, -0.25) is 4.79 Å². The summed E-state index contributed by atoms with van der Waals surface area (Å²) in [5, 5.41) is 0. The van der Waals surface area contributed by atoms with Crippen molar-refractivity contribution in [1.29, 1.82) is 0 Å². The van der Waals surface area contributed by atoms with Crippen LogP contribution in [0.2, 0.25) is 0 Å². The fourth-order valence-electron chi connectivity index (χ4n) is 6.62. The molecule has 6 atom stereocenters. The van der Waals surface area contributed by atoms with Gasteiger partial charge in [-0.05, 0) is 49.5 Å². The molecule has 3 saturated heterocycles. The molecule has 3 fully saturated rings. The van der Waals surface area contributed by atoms with E-state index in [1.807, 2.05) is 9.80 Å². The predicted molar refractivity (Wildman–Crippen MR) is 127 cm³/mol. The maximum Gasteiger partial charge on any atom is 0.433 e. The van der Waals surface area contributed by atoms with E-state index in [2.05, 4.69) is 36.0 Å². The van der Waals surface area contributed by atoms with Crippen molar-refractivity contribution in [3.63, 3.8) is 0 Å². The number of likely N-dealkylation sites (tertiary alicyclic amines) is 1. The lowest BCUT2D eigenvalue weighted by molar-refractivity contribution is -0.143. The van der Waals surface area contributed by atoms with E-state index < -0.39 is 17.3 Å². The van der Waals surface area contributed by atoms with Crippen LogP contribution >= 0.6 is 0 Å². The fraction of sp³-hybridized carbons (Fsp3) is 0.731. The summed E-state index contributed by atoms with van der Waals surface area (Å²) < 4.78 is 50.6. The highest BCUT2D eigenvalue weighted by Crippen LogP contribution is 2.48. The SMILES string of the molecule is CO[C@@H]1COCC[C@@H]1C[C@@H]1C=C[C@@](C(=O)N2C[C@@H]3C[C@H]2CN3c2nccc(C(F)(F)F)n2)(C(C)C)C1. The molecular weight excluding hydrogens is 473 g/mol. The highest BCUT2D eigenvalue weighted by molar-refractivity contribution is 5.86. The minimum Gasteiger partial charge on any atom is -0.379 e. The van der Waals surface area contributed by atoms with Crippen LogP contribution in [0.1, 0.15) is 45.2 Å². The van der Waals surface area contributed by atoms with Crippen molar-refractivity contribution >= 4 is 11.9 Å². The number of halogens is 3. The van der Waals surface area contributed by atoms with Gasteiger partial charge < -0.3 is 19.3 Å². The normalized spacial score (nSPS) is 34.2. The first-order valence-electron chi connectivity index (χ1n) is 12.9. The average Bonchev–Trinajstić information content (AvgIpc) is 3.58. The summed E-state index contributed by atoms with van der Waals surface area (Å²) in [6, 6.07) is 0.771. The average molecular weight is 509 g/mol. The van der Waals surface area contributed by atoms with E-state index in [4.69, 9.17) is 9.47 Å². The lowest BCUT2D eigenvalue weighted by Crippen LogP contribution is -2.54. The highest BCUT2D eigenvalue weighted by Gasteiger charge is 2.53. The van der Waals surface area contributed by atoms with E-state index in [0.717, 1.165) is 44.6 Å². The lowest BCUT2D eigenvalue weighted by Gasteiger charge is -2.41. The summed E-state index contributed by atoms with van der Waals surface area (Å²) >= 11 is 0. The Hall–Kier alpha value is -2.20. The standard InChI is InChI=1S/C26H35F3N4O3/c1-16(2)25(7-4-17(12-25)10-18-6-9-36-15-21(18)35-3)23(34)32-13-20-11-19(32)14-33(20)24-30-8-5-22(31-24)26(27,28)29/h4-5,7-8,16-21H,6,9-15H2,1-3H3/t17-,18+,19-,20-,21+,25-/m0/s1. The smallest absolute Gasteiger partial charge is 0.379 e. The quantitative estimate of drug-likeness (QED) is 0.543. The number of alkyl halides is 3. The highest BCUT2D eigenvalue weighted by atomic mass is 19.4. The number of piperazine rings is 1. The van der Waals surface area contributed by atoms with Crippen LogP contribution in [0.3, 0.4) is 0 Å². The first-order valence-corrected chi connectivity index (χ1v) is 12.9. The van der Waals surface area contributed by atoms with E-state index >= 15 is 0 Å². The topological polar surface area (TPSA) is 67.8 Å². The molecule has 2 bridgehead atoms. The summed E-state index contributed by atoms with van der Waals surface area (Å²) in [5.41, 5.74) is -1.50. The van der Waals surface area contributed by atoms with Crippen LogP contribution in [0.15, 0.2) is 24.4 Å². The van der Waals surface area contributed by atoms with Gasteiger partial charge in [-0.2, -0.15) is 13.2 Å². The van der Waals surface area contributed by atoms with Crippen molar-refractivity contribution in [2.45, 2.75) is 63.9 Å². The van der Waals surface area contributed by atoms with Crippen molar-refractivity contribution in [2.24, 2.45) is 23.2 Å². The second-order valence-electron chi connectivity index (χ2n) is 11.0. The summed E-state index contributed by atoms with van der Waals surface area (Å²) in [4.78, 5) is 25.7. The van der Waals surface area contributed by atoms with Gasteiger partial charge in [0.25, 0.3) is 0 Å². The van der Waals surface area contributed by atoms with Gasteiger partial charge in [-0.1, -0.05) is 26.0 Å². The van der Waals surface area contributed by atoms with Crippen LogP contribution < -0.4 is 4.90 Å². The summed E-state index contributed by atoms with van der Waals surface area (Å²) in [7, 11) is 1.73. The molecular formula is C26H35F3N4O3. The lowest BCUT2D eigenvalue weighted by atomic mass is 9.72. The molecule has 0 saturated carbocycles. The Morgan fingerprint density at radius 3 is 2.78 bits per heavy atom. The molecule has 36 heavy (non-hydrogen) atoms. The summed E-state index contributed by atoms with van der Waals surface area (Å²) in [6.07, 6.45) is 4.54. The molecule has 5 rings (SSSR count). The van der Waals surface area contributed by atoms with Crippen molar-refractivity contribution in [1.82, 2.24) is 14.9 Å². The second-order valence-corrected chi connectivity index (χ2v) is 11.0. The predicted octanol–water partition coefficient (Wildman–Crippen LogP) is 3.95. The molecule has 0 radical (unpaired) electrons. The molecule has 10 heteroatoms. The first-order chi connectivity index (χ1) is 17.1. The number of fused-ring (bicyclic) bond motifs is 2. The third-order valence-electron chi connectivity index (χ3n) is 8.73. The maximum atomic E-state index is 14.0. The molecule has 3 aliphatic heterocycles. The zero-order valence-electron chi connectivity index (χ0n) is 21.1. The van der Waals surface area contributed by atoms with Gasteiger partial charge in [0.1, 0.15) is 5.69 Å². The minimum atomic E-state index is -4.51. The van der Waals surface area contributed by atoms with Crippen LogP contribution in [0.4, 0.5) is 19.1 Å². The van der Waals surface area contributed by atoms with Gasteiger partial charge in [-0.15, -0.1) is 0 Å². The van der Waals surface area contributed by atoms with Gasteiger partial charge in [0.2, 0.25) is 11.9 Å². The number of carbonyl (C=O) groups excluding carboxylic acids is 1. The number of nitrogens with zero attached hydrogens (tertiary/aromatic N) is 4. The monoisotopic (exact) mass is 508 g/mol. The maximum absolute atomic E-state index is 14.0. The minimum absolute atomic E-state index is 0.0444.